The molecule has 0 unspecified atom stereocenters. The second-order valence-electron chi connectivity index (χ2n) is 6.63. The number of amides is 2. The van der Waals surface area contributed by atoms with Crippen molar-refractivity contribution in [3.05, 3.63) is 29.8 Å². The highest BCUT2D eigenvalue weighted by Gasteiger charge is 2.19. The number of hydrogen-bond donors (Lipinski definition) is 1. The van der Waals surface area contributed by atoms with E-state index >= 15 is 0 Å². The predicted octanol–water partition coefficient (Wildman–Crippen LogP) is 2.04. The van der Waals surface area contributed by atoms with Crippen molar-refractivity contribution < 1.29 is 14.3 Å². The van der Waals surface area contributed by atoms with Gasteiger partial charge in [-0.3, -0.25) is 14.5 Å². The van der Waals surface area contributed by atoms with Gasteiger partial charge in [0, 0.05) is 39.1 Å². The molecule has 0 spiro atoms. The number of hydrogen-bond acceptors (Lipinski definition) is 4. The lowest BCUT2D eigenvalue weighted by Gasteiger charge is -2.21. The van der Waals surface area contributed by atoms with Crippen molar-refractivity contribution in [3.63, 3.8) is 0 Å². The molecule has 0 radical (unpaired) electrons. The number of rotatable bonds is 8. The molecule has 2 amide bonds. The number of benzene rings is 1. The highest BCUT2D eigenvalue weighted by atomic mass is 16.5. The van der Waals surface area contributed by atoms with Gasteiger partial charge in [-0.25, -0.2) is 0 Å². The van der Waals surface area contributed by atoms with E-state index in [2.05, 4.69) is 17.1 Å². The first-order chi connectivity index (χ1) is 12.6. The van der Waals surface area contributed by atoms with Crippen molar-refractivity contribution in [2.75, 3.05) is 39.3 Å². The van der Waals surface area contributed by atoms with Crippen molar-refractivity contribution in [1.82, 2.24) is 15.1 Å². The van der Waals surface area contributed by atoms with Gasteiger partial charge < -0.3 is 15.0 Å². The molecule has 1 aliphatic heterocycles. The Balaban J connectivity index is 1.72. The summed E-state index contributed by atoms with van der Waals surface area (Å²) in [7, 11) is 0. The monoisotopic (exact) mass is 361 g/mol. The van der Waals surface area contributed by atoms with E-state index < -0.39 is 0 Å². The summed E-state index contributed by atoms with van der Waals surface area (Å²) >= 11 is 0. The topological polar surface area (TPSA) is 61.9 Å². The molecule has 1 heterocycles. The van der Waals surface area contributed by atoms with Gasteiger partial charge in [-0.2, -0.15) is 0 Å². The van der Waals surface area contributed by atoms with E-state index in [1.165, 1.54) is 0 Å². The molecule has 2 rings (SSSR count). The summed E-state index contributed by atoms with van der Waals surface area (Å²) in [6, 6.07) is 7.83. The lowest BCUT2D eigenvalue weighted by atomic mass is 10.2. The van der Waals surface area contributed by atoms with E-state index in [-0.39, 0.29) is 11.8 Å². The average Bonchev–Trinajstić information content (AvgIpc) is 2.90. The first-order valence-corrected chi connectivity index (χ1v) is 9.61. The van der Waals surface area contributed by atoms with Crippen LogP contribution in [-0.2, 0) is 16.1 Å². The Kier molecular flexibility index (Phi) is 8.41. The Morgan fingerprint density at radius 1 is 1.08 bits per heavy atom. The van der Waals surface area contributed by atoms with Crippen LogP contribution in [0.2, 0.25) is 0 Å². The predicted molar refractivity (Wildman–Crippen MR) is 102 cm³/mol. The van der Waals surface area contributed by atoms with E-state index in [9.17, 15) is 9.59 Å². The fourth-order valence-electron chi connectivity index (χ4n) is 2.99. The van der Waals surface area contributed by atoms with Crippen LogP contribution in [0.1, 0.15) is 38.7 Å². The van der Waals surface area contributed by atoms with Crippen LogP contribution in [0, 0.1) is 0 Å². The quantitative estimate of drug-likeness (QED) is 0.770. The number of carbonyl (C=O) groups is 2. The molecule has 144 valence electrons. The van der Waals surface area contributed by atoms with Crippen LogP contribution in [0.15, 0.2) is 24.3 Å². The Bertz CT molecular complexity index is 574. The van der Waals surface area contributed by atoms with Crippen molar-refractivity contribution in [3.8, 4) is 5.75 Å². The van der Waals surface area contributed by atoms with E-state index in [0.717, 1.165) is 43.8 Å². The van der Waals surface area contributed by atoms with Gasteiger partial charge in [-0.15, -0.1) is 0 Å². The lowest BCUT2D eigenvalue weighted by Crippen LogP contribution is -2.39. The van der Waals surface area contributed by atoms with Gasteiger partial charge >= 0.3 is 0 Å². The smallest absolute Gasteiger partial charge is 0.234 e. The van der Waals surface area contributed by atoms with E-state index in [4.69, 9.17) is 4.74 Å². The molecule has 1 aromatic rings. The van der Waals surface area contributed by atoms with E-state index in [1.807, 2.05) is 36.1 Å². The molecule has 26 heavy (non-hydrogen) atoms. The van der Waals surface area contributed by atoms with Crippen LogP contribution in [0.3, 0.4) is 0 Å². The normalized spacial score (nSPS) is 15.4. The largest absolute Gasteiger partial charge is 0.494 e. The number of nitrogens with one attached hydrogen (secondary N) is 1. The molecule has 1 fully saturated rings. The van der Waals surface area contributed by atoms with Crippen molar-refractivity contribution >= 4 is 11.8 Å². The first-order valence-electron chi connectivity index (χ1n) is 9.61. The van der Waals surface area contributed by atoms with E-state index in [0.29, 0.717) is 32.7 Å². The van der Waals surface area contributed by atoms with Crippen molar-refractivity contribution in [2.45, 2.75) is 39.7 Å². The molecule has 6 nitrogen and oxygen atoms in total. The molecule has 1 aliphatic rings. The van der Waals surface area contributed by atoms with Crippen LogP contribution in [0.5, 0.6) is 5.75 Å². The maximum atomic E-state index is 12.2. The third-order valence-electron chi connectivity index (χ3n) is 4.50. The molecule has 6 heteroatoms. The highest BCUT2D eigenvalue weighted by Crippen LogP contribution is 2.12. The summed E-state index contributed by atoms with van der Waals surface area (Å²) in [5, 5.41) is 2.97. The van der Waals surface area contributed by atoms with Gasteiger partial charge in [-0.1, -0.05) is 26.0 Å². The van der Waals surface area contributed by atoms with Crippen LogP contribution in [-0.4, -0.2) is 60.9 Å². The van der Waals surface area contributed by atoms with Gasteiger partial charge in [0.05, 0.1) is 13.2 Å². The first kappa shape index (κ1) is 20.2. The highest BCUT2D eigenvalue weighted by molar-refractivity contribution is 5.78. The minimum Gasteiger partial charge on any atom is -0.494 e. The summed E-state index contributed by atoms with van der Waals surface area (Å²) in [4.78, 5) is 28.1. The number of ether oxygens (including phenoxy) is 1. The summed E-state index contributed by atoms with van der Waals surface area (Å²) < 4.78 is 5.56. The third kappa shape index (κ3) is 6.67. The minimum atomic E-state index is 0.0200. The molecule has 0 atom stereocenters. The Labute approximate surface area is 156 Å². The zero-order valence-corrected chi connectivity index (χ0v) is 16.0. The Hall–Kier alpha value is -2.08. The average molecular weight is 361 g/mol. The van der Waals surface area contributed by atoms with Gasteiger partial charge in [-0.05, 0) is 30.5 Å². The molecule has 0 aliphatic carbocycles. The van der Waals surface area contributed by atoms with Crippen molar-refractivity contribution in [2.24, 2.45) is 0 Å². The van der Waals surface area contributed by atoms with E-state index in [1.54, 1.807) is 0 Å². The van der Waals surface area contributed by atoms with Gasteiger partial charge in [0.25, 0.3) is 0 Å². The SMILES string of the molecule is CCCOc1ccc(CNC(=O)CN2CCCN(C(=O)CC)CC2)cc1. The summed E-state index contributed by atoms with van der Waals surface area (Å²) in [6.07, 6.45) is 2.44. The molecule has 0 aromatic heterocycles. The Morgan fingerprint density at radius 3 is 2.54 bits per heavy atom. The zero-order chi connectivity index (χ0) is 18.8. The minimum absolute atomic E-state index is 0.0200. The maximum absolute atomic E-state index is 12.2. The second-order valence-corrected chi connectivity index (χ2v) is 6.63. The van der Waals surface area contributed by atoms with Crippen LogP contribution >= 0.6 is 0 Å². The van der Waals surface area contributed by atoms with Gasteiger partial charge in [0.15, 0.2) is 0 Å². The van der Waals surface area contributed by atoms with Gasteiger partial charge in [0.1, 0.15) is 5.75 Å². The van der Waals surface area contributed by atoms with Crippen LogP contribution in [0.25, 0.3) is 0 Å². The van der Waals surface area contributed by atoms with Crippen molar-refractivity contribution in [1.29, 1.82) is 0 Å². The number of nitrogens with zero attached hydrogens (tertiary/aromatic N) is 2. The second kappa shape index (κ2) is 10.8. The maximum Gasteiger partial charge on any atom is 0.234 e. The van der Waals surface area contributed by atoms with Gasteiger partial charge in [0.2, 0.25) is 11.8 Å². The molecule has 1 N–H and O–H groups in total. The molecule has 0 saturated carbocycles. The molecule has 0 bridgehead atoms. The Morgan fingerprint density at radius 2 is 1.85 bits per heavy atom. The fourth-order valence-corrected chi connectivity index (χ4v) is 2.99. The van der Waals surface area contributed by atoms with Crippen LogP contribution < -0.4 is 10.1 Å². The zero-order valence-electron chi connectivity index (χ0n) is 16.0. The molecule has 1 saturated heterocycles. The summed E-state index contributed by atoms with van der Waals surface area (Å²) in [5.41, 5.74) is 1.05. The lowest BCUT2D eigenvalue weighted by molar-refractivity contribution is -0.130. The number of carbonyl (C=O) groups excluding carboxylic acids is 2. The molecule has 1 aromatic carbocycles. The summed E-state index contributed by atoms with van der Waals surface area (Å²) in [6.45, 7) is 8.68. The van der Waals surface area contributed by atoms with Crippen LogP contribution in [0.4, 0.5) is 0 Å². The summed E-state index contributed by atoms with van der Waals surface area (Å²) in [5.74, 6) is 1.08. The third-order valence-corrected chi connectivity index (χ3v) is 4.50. The molecular formula is C20H31N3O3. The molecular weight excluding hydrogens is 330 g/mol. The standard InChI is InChI=1S/C20H31N3O3/c1-3-14-26-18-8-6-17(7-9-18)15-21-19(24)16-22-10-5-11-23(13-12-22)20(25)4-2/h6-9H,3-5,10-16H2,1-2H3,(H,21,24). The fraction of sp³-hybridized carbons (Fsp3) is 0.600.